The molecule has 0 aliphatic carbocycles. The van der Waals surface area contributed by atoms with Gasteiger partial charge in [-0.3, -0.25) is 0 Å². The van der Waals surface area contributed by atoms with Crippen LogP contribution in [0.4, 0.5) is 0 Å². The monoisotopic (exact) mass is 375 g/mol. The number of methoxy groups -OCH3 is 1. The van der Waals surface area contributed by atoms with Gasteiger partial charge in [0.2, 0.25) is 0 Å². The van der Waals surface area contributed by atoms with Gasteiger partial charge >= 0.3 is 5.97 Å². The Bertz CT molecular complexity index is 568. The number of nitrogens with zero attached hydrogens (tertiary/aromatic N) is 1. The summed E-state index contributed by atoms with van der Waals surface area (Å²) < 4.78 is 6.29. The fraction of sp³-hybridized carbons (Fsp3) is 0.0909. The lowest BCUT2D eigenvalue weighted by Gasteiger charge is -2.03. The Morgan fingerprint density at radius 1 is 1.35 bits per heavy atom. The number of carbonyl (C=O) groups excluding carboxylic acids is 1. The fourth-order valence-electron chi connectivity index (χ4n) is 1.36. The molecule has 0 bridgehead atoms. The minimum Gasteiger partial charge on any atom is -0.464 e. The van der Waals surface area contributed by atoms with E-state index in [0.717, 1.165) is 14.9 Å². The first-order chi connectivity index (χ1) is 8.13. The smallest absolute Gasteiger partial charge is 0.358 e. The van der Waals surface area contributed by atoms with E-state index < -0.39 is 5.97 Å². The summed E-state index contributed by atoms with van der Waals surface area (Å²) in [5, 5.41) is 0. The van der Waals surface area contributed by atoms with Gasteiger partial charge in [0.15, 0.2) is 9.61 Å². The first kappa shape index (κ1) is 12.7. The Hall–Kier alpha value is -0.720. The van der Waals surface area contributed by atoms with Crippen molar-refractivity contribution in [1.29, 1.82) is 0 Å². The molecular formula is C11H7Br2NO2S. The lowest BCUT2D eigenvalue weighted by atomic mass is 10.1. The van der Waals surface area contributed by atoms with Crippen LogP contribution >= 0.6 is 43.2 Å². The van der Waals surface area contributed by atoms with Crippen LogP contribution in [0, 0.1) is 0 Å². The molecule has 1 heterocycles. The highest BCUT2D eigenvalue weighted by molar-refractivity contribution is 9.11. The topological polar surface area (TPSA) is 39.2 Å². The van der Waals surface area contributed by atoms with Crippen molar-refractivity contribution < 1.29 is 9.53 Å². The Kier molecular flexibility index (Phi) is 3.96. The number of thiazole rings is 1. The molecule has 0 saturated heterocycles. The summed E-state index contributed by atoms with van der Waals surface area (Å²) in [5.74, 6) is -0.433. The maximum atomic E-state index is 11.6. The first-order valence-corrected chi connectivity index (χ1v) is 7.03. The second kappa shape index (κ2) is 5.29. The van der Waals surface area contributed by atoms with Gasteiger partial charge in [0.25, 0.3) is 0 Å². The molecule has 2 rings (SSSR count). The van der Waals surface area contributed by atoms with Crippen molar-refractivity contribution in [2.45, 2.75) is 0 Å². The van der Waals surface area contributed by atoms with Crippen LogP contribution in [0.3, 0.4) is 0 Å². The lowest BCUT2D eigenvalue weighted by molar-refractivity contribution is 0.0595. The van der Waals surface area contributed by atoms with Gasteiger partial charge in [-0.25, -0.2) is 9.78 Å². The molecule has 3 nitrogen and oxygen atoms in total. The molecule has 1 aromatic heterocycles. The molecule has 17 heavy (non-hydrogen) atoms. The Morgan fingerprint density at radius 3 is 2.71 bits per heavy atom. The van der Waals surface area contributed by atoms with Crippen LogP contribution in [-0.4, -0.2) is 18.1 Å². The highest BCUT2D eigenvalue weighted by Crippen LogP contribution is 2.37. The van der Waals surface area contributed by atoms with Gasteiger partial charge in [0.05, 0.1) is 12.0 Å². The van der Waals surface area contributed by atoms with Crippen molar-refractivity contribution in [1.82, 2.24) is 4.98 Å². The summed E-state index contributed by atoms with van der Waals surface area (Å²) in [7, 11) is 1.35. The van der Waals surface area contributed by atoms with Crippen molar-refractivity contribution in [2.75, 3.05) is 7.11 Å². The SMILES string of the molecule is COC(=O)c1nc(Br)sc1-c1ccccc1Br. The van der Waals surface area contributed by atoms with Crippen molar-refractivity contribution in [3.8, 4) is 10.4 Å². The van der Waals surface area contributed by atoms with Crippen LogP contribution in [-0.2, 0) is 4.74 Å². The number of esters is 1. The molecule has 0 amide bonds. The second-order valence-corrected chi connectivity index (χ2v) is 6.25. The Balaban J connectivity index is 2.60. The van der Waals surface area contributed by atoms with Gasteiger partial charge < -0.3 is 4.74 Å². The van der Waals surface area contributed by atoms with Crippen molar-refractivity contribution >= 4 is 49.2 Å². The summed E-state index contributed by atoms with van der Waals surface area (Å²) in [6.45, 7) is 0. The largest absolute Gasteiger partial charge is 0.464 e. The molecule has 2 aromatic rings. The number of carbonyl (C=O) groups is 1. The average molecular weight is 377 g/mol. The molecule has 1 aromatic carbocycles. The molecule has 0 saturated carbocycles. The molecule has 0 spiro atoms. The van der Waals surface area contributed by atoms with Gasteiger partial charge in [-0.05, 0) is 22.0 Å². The van der Waals surface area contributed by atoms with Gasteiger partial charge in [0, 0.05) is 10.0 Å². The molecular weight excluding hydrogens is 370 g/mol. The summed E-state index contributed by atoms with van der Waals surface area (Å²) >= 11 is 8.15. The third-order valence-corrected chi connectivity index (χ3v) is 4.33. The number of ether oxygens (including phenoxy) is 1. The number of hydrogen-bond acceptors (Lipinski definition) is 4. The first-order valence-electron chi connectivity index (χ1n) is 4.63. The summed E-state index contributed by atoms with van der Waals surface area (Å²) in [5.41, 5.74) is 1.26. The van der Waals surface area contributed by atoms with E-state index in [-0.39, 0.29) is 0 Å². The zero-order chi connectivity index (χ0) is 12.4. The molecule has 6 heteroatoms. The third-order valence-electron chi connectivity index (χ3n) is 2.10. The molecule has 0 aliphatic rings. The second-order valence-electron chi connectivity index (χ2n) is 3.12. The maximum Gasteiger partial charge on any atom is 0.358 e. The van der Waals surface area contributed by atoms with E-state index >= 15 is 0 Å². The minimum absolute atomic E-state index is 0.330. The van der Waals surface area contributed by atoms with Gasteiger partial charge in [-0.1, -0.05) is 34.1 Å². The number of hydrogen-bond donors (Lipinski definition) is 0. The highest BCUT2D eigenvalue weighted by atomic mass is 79.9. The molecule has 0 radical (unpaired) electrons. The minimum atomic E-state index is -0.433. The van der Waals surface area contributed by atoms with Crippen molar-refractivity contribution in [2.24, 2.45) is 0 Å². The molecule has 0 aliphatic heterocycles. The van der Waals surface area contributed by atoms with Crippen LogP contribution in [0.15, 0.2) is 32.7 Å². The van der Waals surface area contributed by atoms with Crippen LogP contribution in [0.5, 0.6) is 0 Å². The van der Waals surface area contributed by atoms with Crippen LogP contribution in [0.25, 0.3) is 10.4 Å². The van der Waals surface area contributed by atoms with Crippen molar-refractivity contribution in [3.05, 3.63) is 38.3 Å². The average Bonchev–Trinajstić information content (AvgIpc) is 2.71. The van der Waals surface area contributed by atoms with E-state index in [2.05, 4.69) is 36.8 Å². The predicted octanol–water partition coefficient (Wildman–Crippen LogP) is 4.12. The van der Waals surface area contributed by atoms with E-state index in [9.17, 15) is 4.79 Å². The van der Waals surface area contributed by atoms with Gasteiger partial charge in [-0.2, -0.15) is 0 Å². The quantitative estimate of drug-likeness (QED) is 0.740. The van der Waals surface area contributed by atoms with Gasteiger partial charge in [-0.15, -0.1) is 11.3 Å². The number of benzene rings is 1. The van der Waals surface area contributed by atoms with Crippen molar-refractivity contribution in [3.63, 3.8) is 0 Å². The third kappa shape index (κ3) is 2.59. The molecule has 0 fully saturated rings. The van der Waals surface area contributed by atoms with E-state index in [1.54, 1.807) is 0 Å². The van der Waals surface area contributed by atoms with Crippen LogP contribution in [0.1, 0.15) is 10.5 Å². The van der Waals surface area contributed by atoms with E-state index in [4.69, 9.17) is 4.74 Å². The zero-order valence-corrected chi connectivity index (χ0v) is 12.7. The maximum absolute atomic E-state index is 11.6. The fourth-order valence-corrected chi connectivity index (χ4v) is 3.45. The molecule has 0 N–H and O–H groups in total. The van der Waals surface area contributed by atoms with E-state index in [0.29, 0.717) is 9.61 Å². The normalized spacial score (nSPS) is 10.3. The predicted molar refractivity (Wildman–Crippen MR) is 74.3 cm³/mol. The number of aromatic nitrogens is 1. The van der Waals surface area contributed by atoms with E-state index in [1.165, 1.54) is 18.4 Å². The highest BCUT2D eigenvalue weighted by Gasteiger charge is 2.20. The summed E-state index contributed by atoms with van der Waals surface area (Å²) in [4.78, 5) is 16.5. The number of halogens is 2. The van der Waals surface area contributed by atoms with E-state index in [1.807, 2.05) is 24.3 Å². The Labute approximate surface area is 119 Å². The number of rotatable bonds is 2. The molecule has 88 valence electrons. The standard InChI is InChI=1S/C11H7Br2NO2S/c1-16-10(15)8-9(17-11(13)14-8)6-4-2-3-5-7(6)12/h2-5H,1H3. The van der Waals surface area contributed by atoms with Crippen LogP contribution < -0.4 is 0 Å². The molecule has 0 unspecified atom stereocenters. The van der Waals surface area contributed by atoms with Gasteiger partial charge in [0.1, 0.15) is 0 Å². The zero-order valence-electron chi connectivity index (χ0n) is 8.74. The molecule has 0 atom stereocenters. The van der Waals surface area contributed by atoms with Crippen LogP contribution in [0.2, 0.25) is 0 Å². The Morgan fingerprint density at radius 2 is 2.06 bits per heavy atom. The lowest BCUT2D eigenvalue weighted by Crippen LogP contribution is -2.03. The summed E-state index contributed by atoms with van der Waals surface area (Å²) in [6, 6.07) is 7.68. The summed E-state index contributed by atoms with van der Waals surface area (Å²) in [6.07, 6.45) is 0.